The third-order valence-electron chi connectivity index (χ3n) is 6.72. The predicted molar refractivity (Wildman–Crippen MR) is 150 cm³/mol. The molecule has 0 radical (unpaired) electrons. The molecule has 0 saturated carbocycles. The smallest absolute Gasteiger partial charge is 0.280 e. The van der Waals surface area contributed by atoms with Gasteiger partial charge in [-0.1, -0.05) is 13.0 Å². The Balaban J connectivity index is 1.68. The zero-order chi connectivity index (χ0) is 29.2. The Morgan fingerprint density at radius 3 is 2.65 bits per heavy atom. The normalized spacial score (nSPS) is 19.4. The molecular weight excluding hydrogens is 579 g/mol. The number of likely N-dealkylation sites (N-methyl/N-ethyl adjacent to an activating group) is 1. The molecule has 4 rings (SSSR count). The fraction of sp³-hybridized carbons (Fsp3) is 0.440. The minimum absolute atomic E-state index is 0.00440. The maximum Gasteiger partial charge on any atom is 0.280 e. The molecule has 1 aromatic carbocycles. The molecule has 0 fully saturated rings. The summed E-state index contributed by atoms with van der Waals surface area (Å²) in [6.45, 7) is 3.56. The standard InChI is InChI=1S/C25H33N5O7S3/c1-17-12-30(18(2)15-31)24(32)11-19-10-20(27-39(33,34)23-14-28(3)16-26-23)7-8-21(19)37-22(17)13-29(4)40(35,36)25-6-5-9-38-25/h5-10,14,16-18,22,27,31H,11-13,15H2,1-4H3/t17-,18-,22-/m0/s1. The van der Waals surface area contributed by atoms with Crippen molar-refractivity contribution in [1.29, 1.82) is 0 Å². The van der Waals surface area contributed by atoms with Crippen molar-refractivity contribution in [3.8, 4) is 5.75 Å². The van der Waals surface area contributed by atoms with Crippen LogP contribution in [0.3, 0.4) is 0 Å². The maximum atomic E-state index is 13.4. The van der Waals surface area contributed by atoms with Gasteiger partial charge in [0.15, 0.2) is 5.03 Å². The summed E-state index contributed by atoms with van der Waals surface area (Å²) in [7, 11) is -4.60. The van der Waals surface area contributed by atoms with Crippen LogP contribution in [0.5, 0.6) is 5.75 Å². The van der Waals surface area contributed by atoms with Gasteiger partial charge in [-0.05, 0) is 36.6 Å². The Labute approximate surface area is 238 Å². The molecule has 1 aliphatic rings. The Morgan fingerprint density at radius 1 is 1.27 bits per heavy atom. The number of nitrogens with one attached hydrogen (secondary N) is 1. The van der Waals surface area contributed by atoms with E-state index >= 15 is 0 Å². The number of aromatic nitrogens is 2. The van der Waals surface area contributed by atoms with Crippen LogP contribution >= 0.6 is 11.3 Å². The van der Waals surface area contributed by atoms with Gasteiger partial charge in [0.1, 0.15) is 16.1 Å². The van der Waals surface area contributed by atoms with Gasteiger partial charge in [0.25, 0.3) is 20.0 Å². The number of carbonyl (C=O) groups excluding carboxylic acids is 1. The second-order valence-electron chi connectivity index (χ2n) is 9.91. The highest BCUT2D eigenvalue weighted by Crippen LogP contribution is 2.31. The molecule has 3 atom stereocenters. The lowest BCUT2D eigenvalue weighted by Crippen LogP contribution is -2.48. The molecule has 0 aliphatic carbocycles. The highest BCUT2D eigenvalue weighted by molar-refractivity contribution is 7.92. The topological polar surface area (TPSA) is 151 Å². The number of ether oxygens (including phenoxy) is 1. The van der Waals surface area contributed by atoms with Gasteiger partial charge in [-0.25, -0.2) is 13.4 Å². The second kappa shape index (κ2) is 11.9. The average Bonchev–Trinajstić information content (AvgIpc) is 3.60. The van der Waals surface area contributed by atoms with E-state index in [-0.39, 0.29) is 52.9 Å². The number of amides is 1. The summed E-state index contributed by atoms with van der Waals surface area (Å²) >= 11 is 1.12. The second-order valence-corrected chi connectivity index (χ2v) is 14.8. The van der Waals surface area contributed by atoms with Gasteiger partial charge in [-0.15, -0.1) is 11.3 Å². The van der Waals surface area contributed by atoms with Gasteiger partial charge in [0, 0.05) is 44.0 Å². The van der Waals surface area contributed by atoms with Gasteiger partial charge in [0.2, 0.25) is 5.91 Å². The van der Waals surface area contributed by atoms with E-state index in [4.69, 9.17) is 4.74 Å². The molecule has 2 aromatic heterocycles. The first-order valence-corrected chi connectivity index (χ1v) is 16.3. The summed E-state index contributed by atoms with van der Waals surface area (Å²) in [6.07, 6.45) is 1.97. The maximum absolute atomic E-state index is 13.4. The number of aliphatic hydroxyl groups excluding tert-OH is 1. The summed E-state index contributed by atoms with van der Waals surface area (Å²) in [5, 5.41) is 11.4. The minimum Gasteiger partial charge on any atom is -0.488 e. The van der Waals surface area contributed by atoms with Crippen molar-refractivity contribution >= 4 is 43.0 Å². The molecule has 12 nitrogen and oxygen atoms in total. The number of fused-ring (bicyclic) bond motifs is 1. The van der Waals surface area contributed by atoms with Crippen LogP contribution in [-0.4, -0.2) is 85.5 Å². The van der Waals surface area contributed by atoms with Crippen molar-refractivity contribution in [2.24, 2.45) is 13.0 Å². The summed E-state index contributed by atoms with van der Waals surface area (Å²) in [6, 6.07) is 7.32. The SMILES string of the molecule is C[C@H]1CN([C@@H](C)CO)C(=O)Cc2cc(NS(=O)(=O)c3cn(C)cn3)ccc2O[C@H]1CN(C)S(=O)(=O)c1cccs1. The number of aliphatic hydroxyl groups is 1. The summed E-state index contributed by atoms with van der Waals surface area (Å²) < 4.78 is 63.7. The summed E-state index contributed by atoms with van der Waals surface area (Å²) in [4.78, 5) is 18.8. The number of hydrogen-bond acceptors (Lipinski definition) is 9. The number of aryl methyl sites for hydroxylation is 1. The molecule has 0 bridgehead atoms. The highest BCUT2D eigenvalue weighted by atomic mass is 32.2. The molecule has 0 saturated heterocycles. The Hall–Kier alpha value is -2.98. The molecule has 3 heterocycles. The third kappa shape index (κ3) is 6.49. The average molecular weight is 612 g/mol. The summed E-state index contributed by atoms with van der Waals surface area (Å²) in [5.74, 6) is -0.248. The number of imidazole rings is 1. The predicted octanol–water partition coefficient (Wildman–Crippen LogP) is 1.75. The number of sulfonamides is 2. The number of anilines is 1. The van der Waals surface area contributed by atoms with E-state index in [1.54, 1.807) is 36.4 Å². The van der Waals surface area contributed by atoms with Crippen molar-refractivity contribution in [2.75, 3.05) is 31.5 Å². The fourth-order valence-electron chi connectivity index (χ4n) is 4.36. The molecule has 3 aromatic rings. The van der Waals surface area contributed by atoms with E-state index < -0.39 is 32.2 Å². The van der Waals surface area contributed by atoms with Gasteiger partial charge in [-0.3, -0.25) is 9.52 Å². The van der Waals surface area contributed by atoms with Crippen molar-refractivity contribution in [3.05, 3.63) is 53.8 Å². The van der Waals surface area contributed by atoms with Gasteiger partial charge >= 0.3 is 0 Å². The first-order chi connectivity index (χ1) is 18.8. The number of thiophene rings is 1. The van der Waals surface area contributed by atoms with E-state index in [1.165, 1.54) is 46.6 Å². The third-order valence-corrected chi connectivity index (χ3v) is 11.2. The Morgan fingerprint density at radius 2 is 2.02 bits per heavy atom. The van der Waals surface area contributed by atoms with Crippen LogP contribution in [-0.2, 0) is 38.3 Å². The largest absolute Gasteiger partial charge is 0.488 e. The number of benzene rings is 1. The van der Waals surface area contributed by atoms with Gasteiger partial charge in [-0.2, -0.15) is 12.7 Å². The van der Waals surface area contributed by atoms with Gasteiger partial charge < -0.3 is 19.3 Å². The minimum atomic E-state index is -3.98. The van der Waals surface area contributed by atoms with E-state index in [9.17, 15) is 26.7 Å². The lowest BCUT2D eigenvalue weighted by atomic mass is 10.0. The molecule has 2 N–H and O–H groups in total. The van der Waals surface area contributed by atoms with Crippen LogP contribution in [0, 0.1) is 5.92 Å². The first-order valence-electron chi connectivity index (χ1n) is 12.5. The Kier molecular flexibility index (Phi) is 8.89. The van der Waals surface area contributed by atoms with Crippen molar-refractivity contribution < 1.29 is 31.5 Å². The molecule has 218 valence electrons. The lowest BCUT2D eigenvalue weighted by Gasteiger charge is -2.33. The molecular formula is C25H33N5O7S3. The zero-order valence-corrected chi connectivity index (χ0v) is 25.0. The molecule has 0 spiro atoms. The van der Waals surface area contributed by atoms with Crippen molar-refractivity contribution in [2.45, 2.75) is 41.6 Å². The molecule has 15 heteroatoms. The molecule has 0 unspecified atom stereocenters. The van der Waals surface area contributed by atoms with Crippen LogP contribution in [0.2, 0.25) is 0 Å². The zero-order valence-electron chi connectivity index (χ0n) is 22.6. The fourth-order valence-corrected chi connectivity index (χ4v) is 7.78. The van der Waals surface area contributed by atoms with Gasteiger partial charge in [0.05, 0.1) is 31.9 Å². The van der Waals surface area contributed by atoms with Crippen molar-refractivity contribution in [1.82, 2.24) is 18.8 Å². The molecule has 1 amide bonds. The van der Waals surface area contributed by atoms with E-state index in [0.717, 1.165) is 11.3 Å². The van der Waals surface area contributed by atoms with E-state index in [0.29, 0.717) is 11.3 Å². The van der Waals surface area contributed by atoms with E-state index in [2.05, 4.69) is 9.71 Å². The number of nitrogens with zero attached hydrogens (tertiary/aromatic N) is 4. The lowest BCUT2D eigenvalue weighted by molar-refractivity contribution is -0.134. The van der Waals surface area contributed by atoms with E-state index in [1.807, 2.05) is 6.92 Å². The monoisotopic (exact) mass is 611 g/mol. The summed E-state index contributed by atoms with van der Waals surface area (Å²) in [5.41, 5.74) is 0.632. The first kappa shape index (κ1) is 30.0. The molecule has 40 heavy (non-hydrogen) atoms. The number of rotatable bonds is 9. The van der Waals surface area contributed by atoms with Crippen molar-refractivity contribution in [3.63, 3.8) is 0 Å². The van der Waals surface area contributed by atoms with Crippen LogP contribution in [0.15, 0.2) is 57.5 Å². The Bertz CT molecular complexity index is 1550. The number of hydrogen-bond donors (Lipinski definition) is 2. The highest BCUT2D eigenvalue weighted by Gasteiger charge is 2.34. The quantitative estimate of drug-likeness (QED) is 0.372. The molecule has 1 aliphatic heterocycles. The van der Waals surface area contributed by atoms with Crippen LogP contribution < -0.4 is 9.46 Å². The van der Waals surface area contributed by atoms with Crippen LogP contribution in [0.1, 0.15) is 19.4 Å². The van der Waals surface area contributed by atoms with Crippen LogP contribution in [0.4, 0.5) is 5.69 Å². The van der Waals surface area contributed by atoms with Crippen LogP contribution in [0.25, 0.3) is 0 Å². The number of carbonyl (C=O) groups is 1.